The minimum Gasteiger partial charge on any atom is -0.384 e. The number of hydrogen-bond acceptors (Lipinski definition) is 4. The van der Waals surface area contributed by atoms with Crippen molar-refractivity contribution in [2.75, 3.05) is 26.8 Å². The number of fused-ring (bicyclic) bond motifs is 1. The number of hydrogen-bond donors (Lipinski definition) is 0. The maximum Gasteiger partial charge on any atom is 0.159 e. The normalized spacial score (nSPS) is 19.5. The van der Waals surface area contributed by atoms with E-state index in [-0.39, 0.29) is 0 Å². The number of ether oxygens (including phenoxy) is 1. The number of methoxy groups -OCH3 is 1. The third-order valence-electron chi connectivity index (χ3n) is 4.60. The molecule has 1 saturated heterocycles. The lowest BCUT2D eigenvalue weighted by molar-refractivity contribution is 0.199. The monoisotopic (exact) mass is 302 g/mol. The third-order valence-corrected chi connectivity index (χ3v) is 4.60. The summed E-state index contributed by atoms with van der Waals surface area (Å²) in [6.07, 6.45) is 3.96. The van der Waals surface area contributed by atoms with Gasteiger partial charge in [-0.05, 0) is 44.9 Å². The SMILES string of the molecule is COCCc1nc2cccnc2n1CC1CCN(C(C)C)C1. The molecular formula is C17H26N4O. The number of nitrogens with zero attached hydrogens (tertiary/aromatic N) is 4. The van der Waals surface area contributed by atoms with Crippen molar-refractivity contribution < 1.29 is 4.74 Å². The van der Waals surface area contributed by atoms with Crippen LogP contribution < -0.4 is 0 Å². The van der Waals surface area contributed by atoms with Gasteiger partial charge in [0, 0.05) is 38.9 Å². The van der Waals surface area contributed by atoms with Crippen molar-refractivity contribution in [1.82, 2.24) is 19.4 Å². The molecule has 0 N–H and O–H groups in total. The zero-order valence-corrected chi connectivity index (χ0v) is 13.8. The molecule has 1 atom stereocenters. The van der Waals surface area contributed by atoms with Crippen molar-refractivity contribution in [2.24, 2.45) is 5.92 Å². The molecule has 0 spiro atoms. The highest BCUT2D eigenvalue weighted by Crippen LogP contribution is 2.23. The molecule has 2 aromatic heterocycles. The number of aromatic nitrogens is 3. The molecule has 120 valence electrons. The van der Waals surface area contributed by atoms with Crippen LogP contribution in [0.3, 0.4) is 0 Å². The molecule has 22 heavy (non-hydrogen) atoms. The van der Waals surface area contributed by atoms with E-state index in [1.165, 1.54) is 19.5 Å². The second-order valence-corrected chi connectivity index (χ2v) is 6.47. The van der Waals surface area contributed by atoms with Gasteiger partial charge in [0.2, 0.25) is 0 Å². The minimum absolute atomic E-state index is 0.635. The summed E-state index contributed by atoms with van der Waals surface area (Å²) in [7, 11) is 1.74. The van der Waals surface area contributed by atoms with E-state index in [0.717, 1.165) is 30.0 Å². The Morgan fingerprint density at radius 1 is 1.41 bits per heavy atom. The number of rotatable bonds is 6. The van der Waals surface area contributed by atoms with Crippen LogP contribution in [0.25, 0.3) is 11.2 Å². The highest BCUT2D eigenvalue weighted by molar-refractivity contribution is 5.71. The Morgan fingerprint density at radius 2 is 2.27 bits per heavy atom. The molecule has 0 amide bonds. The Hall–Kier alpha value is -1.46. The third kappa shape index (κ3) is 3.15. The molecular weight excluding hydrogens is 276 g/mol. The fraction of sp³-hybridized carbons (Fsp3) is 0.647. The van der Waals surface area contributed by atoms with Gasteiger partial charge in [0.15, 0.2) is 5.65 Å². The summed E-state index contributed by atoms with van der Waals surface area (Å²) >= 11 is 0. The molecule has 1 aliphatic heterocycles. The molecule has 5 heteroatoms. The first-order valence-electron chi connectivity index (χ1n) is 8.22. The van der Waals surface area contributed by atoms with Gasteiger partial charge in [-0.25, -0.2) is 9.97 Å². The summed E-state index contributed by atoms with van der Waals surface area (Å²) in [6.45, 7) is 8.65. The van der Waals surface area contributed by atoms with Crippen molar-refractivity contribution in [2.45, 2.75) is 39.3 Å². The number of pyridine rings is 1. The van der Waals surface area contributed by atoms with Gasteiger partial charge in [0.05, 0.1) is 6.61 Å². The predicted octanol–water partition coefficient (Wildman–Crippen LogP) is 2.35. The summed E-state index contributed by atoms with van der Waals surface area (Å²) in [5, 5.41) is 0. The van der Waals surface area contributed by atoms with Crippen LogP contribution in [0.1, 0.15) is 26.1 Å². The summed E-state index contributed by atoms with van der Waals surface area (Å²) in [5.41, 5.74) is 2.00. The van der Waals surface area contributed by atoms with Crippen LogP contribution in [0, 0.1) is 5.92 Å². The van der Waals surface area contributed by atoms with Gasteiger partial charge in [-0.15, -0.1) is 0 Å². The zero-order chi connectivity index (χ0) is 15.5. The van der Waals surface area contributed by atoms with Gasteiger partial charge < -0.3 is 14.2 Å². The van der Waals surface area contributed by atoms with Gasteiger partial charge in [0.1, 0.15) is 11.3 Å². The average molecular weight is 302 g/mol. The van der Waals surface area contributed by atoms with Gasteiger partial charge in [-0.3, -0.25) is 0 Å². The maximum absolute atomic E-state index is 5.23. The fourth-order valence-electron chi connectivity index (χ4n) is 3.32. The molecule has 1 unspecified atom stereocenters. The first-order chi connectivity index (χ1) is 10.7. The largest absolute Gasteiger partial charge is 0.384 e. The minimum atomic E-state index is 0.635. The maximum atomic E-state index is 5.23. The highest BCUT2D eigenvalue weighted by Gasteiger charge is 2.26. The standard InChI is InChI=1S/C17H26N4O/c1-13(2)20-9-6-14(11-20)12-21-16(7-10-22-3)19-15-5-4-8-18-17(15)21/h4-5,8,13-14H,6-7,9-12H2,1-3H3. The Kier molecular flexibility index (Phi) is 4.74. The fourth-order valence-corrected chi connectivity index (χ4v) is 3.32. The van der Waals surface area contributed by atoms with E-state index in [0.29, 0.717) is 18.6 Å². The number of imidazole rings is 1. The van der Waals surface area contributed by atoms with Crippen LogP contribution in [0.15, 0.2) is 18.3 Å². The van der Waals surface area contributed by atoms with Crippen molar-refractivity contribution >= 4 is 11.2 Å². The summed E-state index contributed by atoms with van der Waals surface area (Å²) in [6, 6.07) is 4.63. The van der Waals surface area contributed by atoms with Crippen LogP contribution in [0.2, 0.25) is 0 Å². The summed E-state index contributed by atoms with van der Waals surface area (Å²) in [5.74, 6) is 1.78. The zero-order valence-electron chi connectivity index (χ0n) is 13.8. The van der Waals surface area contributed by atoms with Gasteiger partial charge in [-0.2, -0.15) is 0 Å². The molecule has 3 heterocycles. The Morgan fingerprint density at radius 3 is 3.00 bits per heavy atom. The Labute approximate surface area is 132 Å². The number of likely N-dealkylation sites (tertiary alicyclic amines) is 1. The van der Waals surface area contributed by atoms with Gasteiger partial charge in [-0.1, -0.05) is 0 Å². The van der Waals surface area contributed by atoms with Gasteiger partial charge >= 0.3 is 0 Å². The molecule has 0 aliphatic carbocycles. The molecule has 2 aromatic rings. The molecule has 0 bridgehead atoms. The van der Waals surface area contributed by atoms with Crippen molar-refractivity contribution in [3.8, 4) is 0 Å². The lowest BCUT2D eigenvalue weighted by Crippen LogP contribution is -2.29. The second-order valence-electron chi connectivity index (χ2n) is 6.47. The van der Waals surface area contributed by atoms with E-state index in [4.69, 9.17) is 9.72 Å². The van der Waals surface area contributed by atoms with Crippen LogP contribution in [-0.2, 0) is 17.7 Å². The Balaban J connectivity index is 1.82. The molecule has 3 rings (SSSR count). The van der Waals surface area contributed by atoms with Crippen LogP contribution in [-0.4, -0.2) is 52.3 Å². The first-order valence-corrected chi connectivity index (χ1v) is 8.22. The quantitative estimate of drug-likeness (QED) is 0.821. The second kappa shape index (κ2) is 6.75. The lowest BCUT2D eigenvalue weighted by Gasteiger charge is -2.20. The van der Waals surface area contributed by atoms with Crippen LogP contribution in [0.4, 0.5) is 0 Å². The van der Waals surface area contributed by atoms with Crippen LogP contribution in [0.5, 0.6) is 0 Å². The summed E-state index contributed by atoms with van der Waals surface area (Å²) < 4.78 is 7.54. The van der Waals surface area contributed by atoms with Crippen LogP contribution >= 0.6 is 0 Å². The Bertz CT molecular complexity index is 622. The highest BCUT2D eigenvalue weighted by atomic mass is 16.5. The van der Waals surface area contributed by atoms with E-state index in [1.54, 1.807) is 7.11 Å². The van der Waals surface area contributed by atoms with E-state index in [9.17, 15) is 0 Å². The predicted molar refractivity (Wildman–Crippen MR) is 87.9 cm³/mol. The molecule has 0 saturated carbocycles. The van der Waals surface area contributed by atoms with Gasteiger partial charge in [0.25, 0.3) is 0 Å². The van der Waals surface area contributed by atoms with Crippen molar-refractivity contribution in [3.63, 3.8) is 0 Å². The summed E-state index contributed by atoms with van der Waals surface area (Å²) in [4.78, 5) is 11.9. The van der Waals surface area contributed by atoms with Crippen molar-refractivity contribution in [1.29, 1.82) is 0 Å². The lowest BCUT2D eigenvalue weighted by atomic mass is 10.1. The molecule has 0 aromatic carbocycles. The topological polar surface area (TPSA) is 43.2 Å². The molecule has 5 nitrogen and oxygen atoms in total. The average Bonchev–Trinajstić information content (AvgIpc) is 3.11. The first kappa shape index (κ1) is 15.4. The van der Waals surface area contributed by atoms with E-state index >= 15 is 0 Å². The van der Waals surface area contributed by atoms with Crippen molar-refractivity contribution in [3.05, 3.63) is 24.2 Å². The van der Waals surface area contributed by atoms with E-state index < -0.39 is 0 Å². The van der Waals surface area contributed by atoms with E-state index in [1.807, 2.05) is 18.3 Å². The molecule has 1 fully saturated rings. The smallest absolute Gasteiger partial charge is 0.159 e. The molecule has 1 aliphatic rings. The van der Waals surface area contributed by atoms with E-state index in [2.05, 4.69) is 28.3 Å². The molecule has 0 radical (unpaired) electrons.